The van der Waals surface area contributed by atoms with Crippen molar-refractivity contribution in [3.8, 4) is 0 Å². The Morgan fingerprint density at radius 3 is 2.62 bits per heavy atom. The number of H-pyrrole nitrogens is 1. The number of oxazole rings is 1. The molecule has 29 heavy (non-hydrogen) atoms. The predicted molar refractivity (Wildman–Crippen MR) is 112 cm³/mol. The number of benzene rings is 2. The number of hydrogen-bond donors (Lipinski definition) is 1. The van der Waals surface area contributed by atoms with Crippen LogP contribution in [-0.2, 0) is 6.42 Å². The first kappa shape index (κ1) is 18.9. The molecule has 0 saturated carbocycles. The lowest BCUT2D eigenvalue weighted by atomic mass is 10.0. The lowest BCUT2D eigenvalue weighted by Crippen LogP contribution is -2.30. The lowest BCUT2D eigenvalue weighted by Gasteiger charge is -2.25. The van der Waals surface area contributed by atoms with Crippen molar-refractivity contribution in [2.24, 2.45) is 0 Å². The molecule has 0 fully saturated rings. The van der Waals surface area contributed by atoms with Gasteiger partial charge in [-0.15, -0.1) is 0 Å². The predicted octanol–water partition coefficient (Wildman–Crippen LogP) is 4.59. The van der Waals surface area contributed by atoms with Gasteiger partial charge in [-0.3, -0.25) is 9.89 Å². The molecule has 6 heteroatoms. The third-order valence-electron chi connectivity index (χ3n) is 5.38. The van der Waals surface area contributed by atoms with Crippen LogP contribution in [0.4, 0.5) is 0 Å². The van der Waals surface area contributed by atoms with Crippen molar-refractivity contribution in [2.75, 3.05) is 7.05 Å². The van der Waals surface area contributed by atoms with E-state index in [1.54, 1.807) is 17.0 Å². The molecule has 0 radical (unpaired) electrons. The number of hydrogen-bond acceptors (Lipinski definition) is 4. The van der Waals surface area contributed by atoms with E-state index in [9.17, 15) is 4.79 Å². The van der Waals surface area contributed by atoms with Crippen LogP contribution in [0.1, 0.15) is 51.7 Å². The smallest absolute Gasteiger partial charge is 0.254 e. The zero-order chi connectivity index (χ0) is 20.5. The molecule has 0 bridgehead atoms. The van der Waals surface area contributed by atoms with E-state index in [0.717, 1.165) is 22.5 Å². The Bertz CT molecular complexity index is 1140. The standard InChI is InChI=1S/C23H24N4O2/c1-14-22(15(2)26-25-14)16(3)27(4)23(28)18-10-11-20-19(13-18)24-21(29-20)12-17-8-6-5-7-9-17/h5-11,13,16H,12H2,1-4H3,(H,25,26)/t16-/m0/s1. The molecule has 4 rings (SSSR count). The number of nitrogens with zero attached hydrogens (tertiary/aromatic N) is 3. The highest BCUT2D eigenvalue weighted by Gasteiger charge is 2.23. The number of fused-ring (bicyclic) bond motifs is 1. The first-order chi connectivity index (χ1) is 13.9. The van der Waals surface area contributed by atoms with Gasteiger partial charge in [-0.05, 0) is 44.5 Å². The van der Waals surface area contributed by atoms with Gasteiger partial charge in [0.15, 0.2) is 11.5 Å². The van der Waals surface area contributed by atoms with Crippen molar-refractivity contribution in [2.45, 2.75) is 33.2 Å². The molecule has 2 heterocycles. The summed E-state index contributed by atoms with van der Waals surface area (Å²) in [6, 6.07) is 15.4. The van der Waals surface area contributed by atoms with Crippen LogP contribution in [0.3, 0.4) is 0 Å². The van der Waals surface area contributed by atoms with Crippen LogP contribution in [0, 0.1) is 13.8 Å². The minimum absolute atomic E-state index is 0.0630. The van der Waals surface area contributed by atoms with Gasteiger partial charge in [-0.1, -0.05) is 30.3 Å². The van der Waals surface area contributed by atoms with E-state index < -0.39 is 0 Å². The SMILES string of the molecule is Cc1n[nH]c(C)c1[C@H](C)N(C)C(=O)c1ccc2oc(Cc3ccccc3)nc2c1. The fraction of sp³-hybridized carbons (Fsp3) is 0.261. The first-order valence-electron chi connectivity index (χ1n) is 9.66. The second kappa shape index (κ2) is 7.54. The van der Waals surface area contributed by atoms with Crippen molar-refractivity contribution < 1.29 is 9.21 Å². The van der Waals surface area contributed by atoms with E-state index >= 15 is 0 Å². The number of amides is 1. The minimum Gasteiger partial charge on any atom is -0.440 e. The van der Waals surface area contributed by atoms with Crippen LogP contribution in [0.2, 0.25) is 0 Å². The molecule has 1 amide bonds. The summed E-state index contributed by atoms with van der Waals surface area (Å²) in [5.74, 6) is 0.578. The highest BCUT2D eigenvalue weighted by molar-refractivity contribution is 5.97. The van der Waals surface area contributed by atoms with Gasteiger partial charge in [0.1, 0.15) is 5.52 Å². The fourth-order valence-electron chi connectivity index (χ4n) is 3.70. The van der Waals surface area contributed by atoms with Crippen LogP contribution >= 0.6 is 0 Å². The van der Waals surface area contributed by atoms with Gasteiger partial charge in [0, 0.05) is 30.3 Å². The molecule has 4 aromatic rings. The van der Waals surface area contributed by atoms with Gasteiger partial charge in [0.2, 0.25) is 0 Å². The molecule has 0 aliphatic carbocycles. The van der Waals surface area contributed by atoms with Crippen molar-refractivity contribution in [3.05, 3.63) is 82.5 Å². The molecular weight excluding hydrogens is 364 g/mol. The lowest BCUT2D eigenvalue weighted by molar-refractivity contribution is 0.0742. The third kappa shape index (κ3) is 3.66. The first-order valence-corrected chi connectivity index (χ1v) is 9.66. The summed E-state index contributed by atoms with van der Waals surface area (Å²) in [4.78, 5) is 19.4. The summed E-state index contributed by atoms with van der Waals surface area (Å²) in [6.07, 6.45) is 0.620. The van der Waals surface area contributed by atoms with Crippen molar-refractivity contribution in [3.63, 3.8) is 0 Å². The Hall–Kier alpha value is -3.41. The summed E-state index contributed by atoms with van der Waals surface area (Å²) in [5.41, 5.74) is 6.04. The molecule has 0 aliphatic heterocycles. The van der Waals surface area contributed by atoms with Gasteiger partial charge < -0.3 is 9.32 Å². The van der Waals surface area contributed by atoms with Gasteiger partial charge in [-0.25, -0.2) is 4.98 Å². The molecule has 6 nitrogen and oxygen atoms in total. The maximum atomic E-state index is 13.1. The monoisotopic (exact) mass is 388 g/mol. The van der Waals surface area contributed by atoms with Crippen molar-refractivity contribution in [1.29, 1.82) is 0 Å². The number of aromatic nitrogens is 3. The fourth-order valence-corrected chi connectivity index (χ4v) is 3.70. The molecule has 0 aliphatic rings. The Balaban J connectivity index is 1.57. The molecule has 0 unspecified atom stereocenters. The molecule has 2 aromatic carbocycles. The second-order valence-electron chi connectivity index (χ2n) is 7.39. The summed E-state index contributed by atoms with van der Waals surface area (Å²) in [5, 5.41) is 7.23. The van der Waals surface area contributed by atoms with Crippen LogP contribution in [-0.4, -0.2) is 33.0 Å². The minimum atomic E-state index is -0.0945. The largest absolute Gasteiger partial charge is 0.440 e. The molecular formula is C23H24N4O2. The van der Waals surface area contributed by atoms with E-state index in [4.69, 9.17) is 4.42 Å². The zero-order valence-electron chi connectivity index (χ0n) is 17.1. The van der Waals surface area contributed by atoms with Gasteiger partial charge in [-0.2, -0.15) is 5.10 Å². The highest BCUT2D eigenvalue weighted by atomic mass is 16.3. The molecule has 1 atom stereocenters. The number of carbonyl (C=O) groups is 1. The molecule has 148 valence electrons. The Kier molecular flexibility index (Phi) is 4.92. The highest BCUT2D eigenvalue weighted by Crippen LogP contribution is 2.26. The zero-order valence-corrected chi connectivity index (χ0v) is 17.1. The number of aromatic amines is 1. The second-order valence-corrected chi connectivity index (χ2v) is 7.39. The maximum absolute atomic E-state index is 13.1. The van der Waals surface area contributed by atoms with Crippen LogP contribution in [0.5, 0.6) is 0 Å². The van der Waals surface area contributed by atoms with E-state index in [1.165, 1.54) is 0 Å². The molecule has 2 aromatic heterocycles. The Labute approximate surface area is 169 Å². The van der Waals surface area contributed by atoms with E-state index in [1.807, 2.05) is 64.2 Å². The quantitative estimate of drug-likeness (QED) is 0.542. The van der Waals surface area contributed by atoms with E-state index in [-0.39, 0.29) is 11.9 Å². The molecule has 1 N–H and O–H groups in total. The van der Waals surface area contributed by atoms with Gasteiger partial charge in [0.25, 0.3) is 5.91 Å². The van der Waals surface area contributed by atoms with Crippen LogP contribution in [0.25, 0.3) is 11.1 Å². The van der Waals surface area contributed by atoms with Crippen LogP contribution in [0.15, 0.2) is 52.9 Å². The van der Waals surface area contributed by atoms with Gasteiger partial charge >= 0.3 is 0 Å². The Morgan fingerprint density at radius 2 is 1.93 bits per heavy atom. The average Bonchev–Trinajstić information content (AvgIpc) is 3.28. The number of aryl methyl sites for hydroxylation is 2. The summed E-state index contributed by atoms with van der Waals surface area (Å²) >= 11 is 0. The average molecular weight is 388 g/mol. The third-order valence-corrected chi connectivity index (χ3v) is 5.38. The molecule has 0 spiro atoms. The summed E-state index contributed by atoms with van der Waals surface area (Å²) in [6.45, 7) is 5.93. The number of nitrogens with one attached hydrogen (secondary N) is 1. The summed E-state index contributed by atoms with van der Waals surface area (Å²) in [7, 11) is 1.81. The van der Waals surface area contributed by atoms with Crippen molar-refractivity contribution in [1.82, 2.24) is 20.1 Å². The van der Waals surface area contributed by atoms with Crippen LogP contribution < -0.4 is 0 Å². The van der Waals surface area contributed by atoms with E-state index in [0.29, 0.717) is 29.0 Å². The molecule has 0 saturated heterocycles. The van der Waals surface area contributed by atoms with Crippen molar-refractivity contribution >= 4 is 17.0 Å². The normalized spacial score (nSPS) is 12.3. The maximum Gasteiger partial charge on any atom is 0.254 e. The van der Waals surface area contributed by atoms with E-state index in [2.05, 4.69) is 15.2 Å². The number of rotatable bonds is 5. The number of carbonyl (C=O) groups excluding carboxylic acids is 1. The topological polar surface area (TPSA) is 75.0 Å². The summed E-state index contributed by atoms with van der Waals surface area (Å²) < 4.78 is 5.86. The Morgan fingerprint density at radius 1 is 1.17 bits per heavy atom. The van der Waals surface area contributed by atoms with Gasteiger partial charge in [0.05, 0.1) is 11.7 Å².